The largest absolute Gasteiger partial charge is 1.00 e. The molecule has 82 valence electrons. The maximum absolute atomic E-state index is 11.4. The summed E-state index contributed by atoms with van der Waals surface area (Å²) in [6.07, 6.45) is 0.761. The molecule has 15 heavy (non-hydrogen) atoms. The normalized spacial score (nSPS) is 22.8. The Hall–Kier alpha value is -1.06. The molecular formula is C11H14ClNO2. The number of rotatable bonds is 1. The average Bonchev–Trinajstić information content (AvgIpc) is 2.56. The summed E-state index contributed by atoms with van der Waals surface area (Å²) in [6.45, 7) is 0. The lowest BCUT2D eigenvalue weighted by molar-refractivity contribution is -0.434. The van der Waals surface area contributed by atoms with Crippen LogP contribution in [0.5, 0.6) is 0 Å². The molecule has 1 aliphatic rings. The van der Waals surface area contributed by atoms with Crippen LogP contribution < -0.4 is 18.1 Å². The van der Waals surface area contributed by atoms with Gasteiger partial charge in [-0.15, -0.1) is 0 Å². The molecule has 0 unspecified atom stereocenters. The first-order valence-corrected chi connectivity index (χ1v) is 4.72. The lowest BCUT2D eigenvalue weighted by Gasteiger charge is -2.09. The maximum atomic E-state index is 11.4. The molecule has 3 N–H and O–H groups in total. The molecule has 1 aliphatic carbocycles. The summed E-state index contributed by atoms with van der Waals surface area (Å²) in [7, 11) is 1.43. The first-order valence-electron chi connectivity index (χ1n) is 4.72. The van der Waals surface area contributed by atoms with E-state index in [1.54, 1.807) is 0 Å². The van der Waals surface area contributed by atoms with Crippen molar-refractivity contribution in [3.63, 3.8) is 0 Å². The standard InChI is InChI=1S/C11H13NO2.ClH/c1-14-11(13)9-6-7-4-2-3-5-8(7)10(9)12;/h2-5,9-10H,6,12H2,1H3;1H/t9-,10-;/m1./s1. The number of methoxy groups -OCH3 is 1. The summed E-state index contributed by atoms with van der Waals surface area (Å²) < 4.78 is 4.76. The van der Waals surface area contributed by atoms with E-state index >= 15 is 0 Å². The second kappa shape index (κ2) is 4.64. The van der Waals surface area contributed by atoms with Gasteiger partial charge in [-0.3, -0.25) is 4.79 Å². The highest BCUT2D eigenvalue weighted by Crippen LogP contribution is 2.33. The van der Waals surface area contributed by atoms with Crippen molar-refractivity contribution in [1.29, 1.82) is 0 Å². The lowest BCUT2D eigenvalue weighted by atomic mass is 10.0. The van der Waals surface area contributed by atoms with Crippen molar-refractivity contribution in [1.82, 2.24) is 0 Å². The number of benzene rings is 1. The summed E-state index contributed by atoms with van der Waals surface area (Å²) in [5.74, 6) is -0.251. The zero-order valence-electron chi connectivity index (χ0n) is 8.57. The van der Waals surface area contributed by atoms with E-state index in [1.165, 1.54) is 18.2 Å². The van der Waals surface area contributed by atoms with Crippen LogP contribution in [0.15, 0.2) is 24.3 Å². The van der Waals surface area contributed by atoms with Crippen LogP contribution in [-0.2, 0) is 16.0 Å². The Labute approximate surface area is 95.0 Å². The van der Waals surface area contributed by atoms with Gasteiger partial charge in [0, 0.05) is 5.56 Å². The quantitative estimate of drug-likeness (QED) is 0.532. The number of quaternary nitrogens is 1. The summed E-state index contributed by atoms with van der Waals surface area (Å²) in [6, 6.07) is 8.10. The molecule has 1 aromatic rings. The van der Waals surface area contributed by atoms with E-state index in [0.29, 0.717) is 0 Å². The molecule has 0 heterocycles. The average molecular weight is 228 g/mol. The Morgan fingerprint density at radius 1 is 1.47 bits per heavy atom. The van der Waals surface area contributed by atoms with E-state index in [0.717, 1.165) is 6.42 Å². The highest BCUT2D eigenvalue weighted by Gasteiger charge is 2.38. The van der Waals surface area contributed by atoms with Gasteiger partial charge in [-0.2, -0.15) is 0 Å². The fourth-order valence-corrected chi connectivity index (χ4v) is 2.08. The van der Waals surface area contributed by atoms with Crippen LogP contribution >= 0.6 is 0 Å². The fraction of sp³-hybridized carbons (Fsp3) is 0.364. The summed E-state index contributed by atoms with van der Waals surface area (Å²) in [5, 5.41) is 0. The number of ether oxygens (including phenoxy) is 1. The Balaban J connectivity index is 0.00000112. The zero-order chi connectivity index (χ0) is 10.1. The van der Waals surface area contributed by atoms with Gasteiger partial charge in [0.25, 0.3) is 0 Å². The lowest BCUT2D eigenvalue weighted by Crippen LogP contribution is -3.00. The Morgan fingerprint density at radius 3 is 2.73 bits per heavy atom. The number of esters is 1. The molecule has 2 atom stereocenters. The van der Waals surface area contributed by atoms with Crippen molar-refractivity contribution in [2.75, 3.05) is 7.11 Å². The minimum atomic E-state index is -0.152. The van der Waals surface area contributed by atoms with Crippen LogP contribution in [0, 0.1) is 5.92 Å². The minimum absolute atomic E-state index is 0. The molecule has 4 heteroatoms. The monoisotopic (exact) mass is 227 g/mol. The van der Waals surface area contributed by atoms with Crippen molar-refractivity contribution in [2.45, 2.75) is 12.5 Å². The van der Waals surface area contributed by atoms with Crippen LogP contribution in [0.2, 0.25) is 0 Å². The molecule has 0 saturated carbocycles. The number of fused-ring (bicyclic) bond motifs is 1. The molecule has 0 fully saturated rings. The predicted molar refractivity (Wildman–Crippen MR) is 51.3 cm³/mol. The molecule has 0 aliphatic heterocycles. The van der Waals surface area contributed by atoms with Crippen molar-refractivity contribution >= 4 is 5.97 Å². The molecule has 0 saturated heterocycles. The van der Waals surface area contributed by atoms with Crippen LogP contribution in [0.1, 0.15) is 17.2 Å². The van der Waals surface area contributed by atoms with Crippen LogP contribution in [0.3, 0.4) is 0 Å². The van der Waals surface area contributed by atoms with Crippen LogP contribution in [0.25, 0.3) is 0 Å². The van der Waals surface area contributed by atoms with Gasteiger partial charge in [-0.25, -0.2) is 0 Å². The van der Waals surface area contributed by atoms with Crippen molar-refractivity contribution in [3.05, 3.63) is 35.4 Å². The number of carbonyl (C=O) groups is 1. The molecular weight excluding hydrogens is 214 g/mol. The van der Waals surface area contributed by atoms with Crippen molar-refractivity contribution in [3.8, 4) is 0 Å². The van der Waals surface area contributed by atoms with E-state index in [-0.39, 0.29) is 30.3 Å². The van der Waals surface area contributed by atoms with Gasteiger partial charge in [0.15, 0.2) is 0 Å². The number of hydrogen-bond acceptors (Lipinski definition) is 2. The highest BCUT2D eigenvalue weighted by atomic mass is 35.5. The molecule has 0 bridgehead atoms. The van der Waals surface area contributed by atoms with E-state index in [9.17, 15) is 4.79 Å². The molecule has 1 aromatic carbocycles. The van der Waals surface area contributed by atoms with Gasteiger partial charge in [0.2, 0.25) is 0 Å². The van der Waals surface area contributed by atoms with Gasteiger partial charge >= 0.3 is 5.97 Å². The Bertz CT molecular complexity index is 367. The van der Waals surface area contributed by atoms with Crippen molar-refractivity contribution < 1.29 is 27.7 Å². The van der Waals surface area contributed by atoms with Crippen molar-refractivity contribution in [2.24, 2.45) is 5.92 Å². The fourth-order valence-electron chi connectivity index (χ4n) is 2.08. The Kier molecular flexibility index (Phi) is 3.72. The summed E-state index contributed by atoms with van der Waals surface area (Å²) >= 11 is 0. The number of hydrogen-bond donors (Lipinski definition) is 1. The van der Waals surface area contributed by atoms with Crippen LogP contribution in [-0.4, -0.2) is 13.1 Å². The first kappa shape index (κ1) is 12.0. The van der Waals surface area contributed by atoms with Crippen LogP contribution in [0.4, 0.5) is 0 Å². The number of halogens is 1. The molecule has 0 spiro atoms. The van der Waals surface area contributed by atoms with Gasteiger partial charge in [-0.1, -0.05) is 24.3 Å². The number of carbonyl (C=O) groups excluding carboxylic acids is 1. The summed E-state index contributed by atoms with van der Waals surface area (Å²) in [4.78, 5) is 11.4. The SMILES string of the molecule is COC(=O)[C@@H]1Cc2ccccc2[C@H]1[NH3+].[Cl-]. The second-order valence-electron chi connectivity index (χ2n) is 3.64. The smallest absolute Gasteiger partial charge is 0.315 e. The highest BCUT2D eigenvalue weighted by molar-refractivity contribution is 5.75. The first-order chi connectivity index (χ1) is 6.74. The van der Waals surface area contributed by atoms with Gasteiger partial charge < -0.3 is 22.9 Å². The van der Waals surface area contributed by atoms with E-state index in [4.69, 9.17) is 4.74 Å². The maximum Gasteiger partial charge on any atom is 0.315 e. The molecule has 0 radical (unpaired) electrons. The van der Waals surface area contributed by atoms with Gasteiger partial charge in [-0.05, 0) is 12.0 Å². The molecule has 3 nitrogen and oxygen atoms in total. The molecule has 0 aromatic heterocycles. The Morgan fingerprint density at radius 2 is 2.13 bits per heavy atom. The predicted octanol–water partition coefficient (Wildman–Crippen LogP) is -2.68. The topological polar surface area (TPSA) is 53.9 Å². The van der Waals surface area contributed by atoms with E-state index < -0.39 is 0 Å². The molecule has 2 rings (SSSR count). The van der Waals surface area contributed by atoms with E-state index in [2.05, 4.69) is 11.8 Å². The zero-order valence-corrected chi connectivity index (χ0v) is 9.33. The summed E-state index contributed by atoms with van der Waals surface area (Å²) in [5.41, 5.74) is 6.44. The third-order valence-corrected chi connectivity index (χ3v) is 2.88. The van der Waals surface area contributed by atoms with E-state index in [1.807, 2.05) is 18.2 Å². The molecule has 0 amide bonds. The van der Waals surface area contributed by atoms with Gasteiger partial charge in [0.05, 0.1) is 7.11 Å². The third-order valence-electron chi connectivity index (χ3n) is 2.88. The van der Waals surface area contributed by atoms with Gasteiger partial charge in [0.1, 0.15) is 12.0 Å². The third kappa shape index (κ3) is 1.98. The second-order valence-corrected chi connectivity index (χ2v) is 3.64. The minimum Gasteiger partial charge on any atom is -1.00 e.